The van der Waals surface area contributed by atoms with Crippen LogP contribution >= 0.6 is 0 Å². The van der Waals surface area contributed by atoms with Crippen molar-refractivity contribution < 1.29 is 35.9 Å². The third-order valence-electron chi connectivity index (χ3n) is 5.39. The number of ether oxygens (including phenoxy) is 1. The van der Waals surface area contributed by atoms with Crippen LogP contribution in [0.4, 0.5) is 32.3 Å². The Balaban J connectivity index is 1.48. The molecule has 9 nitrogen and oxygen atoms in total. The Labute approximate surface area is 195 Å². The molecule has 2 aromatic heterocycles. The summed E-state index contributed by atoms with van der Waals surface area (Å²) in [5, 5.41) is 5.48. The second-order valence-electron chi connectivity index (χ2n) is 7.64. The number of aromatic nitrogens is 4. The average molecular weight is 508 g/mol. The highest BCUT2D eigenvalue weighted by Crippen LogP contribution is 2.30. The fourth-order valence-electron chi connectivity index (χ4n) is 3.60. The zero-order valence-corrected chi connectivity index (χ0v) is 18.5. The first kappa shape index (κ1) is 26.4. The average Bonchev–Trinajstić information content (AvgIpc) is 2.81. The summed E-state index contributed by atoms with van der Waals surface area (Å²) in [6.45, 7) is 2.30. The lowest BCUT2D eigenvalue weighted by molar-refractivity contribution is -0.139. The zero-order chi connectivity index (χ0) is 25.8. The number of aromatic amines is 1. The SMILES string of the molecule is CCc1c(COCCC(=O)N2CCN(c3ncc(C(F)(F)F)cn3)CC2)n[nH]c(=O)c1C(F)(F)F. The molecule has 1 N–H and O–H groups in total. The van der Waals surface area contributed by atoms with Crippen molar-refractivity contribution in [3.8, 4) is 0 Å². The molecule has 3 rings (SSSR count). The molecule has 192 valence electrons. The molecule has 2 aromatic rings. The van der Waals surface area contributed by atoms with Gasteiger partial charge in [0.25, 0.3) is 5.56 Å². The van der Waals surface area contributed by atoms with Gasteiger partial charge in [0.1, 0.15) is 5.56 Å². The highest BCUT2D eigenvalue weighted by molar-refractivity contribution is 5.76. The van der Waals surface area contributed by atoms with Crippen molar-refractivity contribution in [1.82, 2.24) is 25.1 Å². The van der Waals surface area contributed by atoms with E-state index in [1.807, 2.05) is 5.10 Å². The number of nitrogens with one attached hydrogen (secondary N) is 1. The summed E-state index contributed by atoms with van der Waals surface area (Å²) >= 11 is 0. The van der Waals surface area contributed by atoms with E-state index in [-0.39, 0.29) is 49.2 Å². The van der Waals surface area contributed by atoms with Gasteiger partial charge in [0.2, 0.25) is 11.9 Å². The van der Waals surface area contributed by atoms with Gasteiger partial charge in [0.05, 0.1) is 30.9 Å². The highest BCUT2D eigenvalue weighted by Gasteiger charge is 2.38. The first-order chi connectivity index (χ1) is 16.4. The minimum absolute atomic E-state index is 0.0340. The number of carbonyl (C=O) groups is 1. The van der Waals surface area contributed by atoms with Crippen molar-refractivity contribution in [1.29, 1.82) is 0 Å². The molecular formula is C20H22F6N6O3. The molecule has 1 aliphatic heterocycles. The van der Waals surface area contributed by atoms with Crippen LogP contribution in [0, 0.1) is 0 Å². The molecule has 1 aliphatic rings. The number of alkyl halides is 6. The van der Waals surface area contributed by atoms with Crippen molar-refractivity contribution in [3.63, 3.8) is 0 Å². The molecule has 0 atom stereocenters. The molecule has 0 unspecified atom stereocenters. The lowest BCUT2D eigenvalue weighted by Crippen LogP contribution is -2.49. The Bertz CT molecular complexity index is 1080. The van der Waals surface area contributed by atoms with Gasteiger partial charge in [-0.15, -0.1) is 0 Å². The van der Waals surface area contributed by atoms with Gasteiger partial charge in [-0.3, -0.25) is 9.59 Å². The Kier molecular flexibility index (Phi) is 7.97. The molecule has 0 aromatic carbocycles. The molecule has 0 spiro atoms. The zero-order valence-electron chi connectivity index (χ0n) is 18.5. The van der Waals surface area contributed by atoms with E-state index in [0.29, 0.717) is 38.6 Å². The molecule has 15 heteroatoms. The number of halogens is 6. The van der Waals surface area contributed by atoms with Gasteiger partial charge in [-0.1, -0.05) is 6.92 Å². The number of H-pyrrole nitrogens is 1. The number of nitrogens with zero attached hydrogens (tertiary/aromatic N) is 5. The number of carbonyl (C=O) groups excluding carboxylic acids is 1. The Morgan fingerprint density at radius 2 is 1.69 bits per heavy atom. The molecule has 1 fully saturated rings. The quantitative estimate of drug-likeness (QED) is 0.453. The Hall–Kier alpha value is -3.23. The third-order valence-corrected chi connectivity index (χ3v) is 5.39. The van der Waals surface area contributed by atoms with E-state index in [1.54, 1.807) is 9.80 Å². The summed E-state index contributed by atoms with van der Waals surface area (Å²) in [5.41, 5.74) is -3.90. The Morgan fingerprint density at radius 1 is 1.06 bits per heavy atom. The molecule has 1 saturated heterocycles. The largest absolute Gasteiger partial charge is 0.422 e. The van der Waals surface area contributed by atoms with Crippen LogP contribution in [0.25, 0.3) is 0 Å². The monoisotopic (exact) mass is 508 g/mol. The van der Waals surface area contributed by atoms with Crippen molar-refractivity contribution in [2.45, 2.75) is 38.7 Å². The molecule has 0 radical (unpaired) electrons. The van der Waals surface area contributed by atoms with Crippen LogP contribution in [-0.2, 0) is 34.9 Å². The van der Waals surface area contributed by atoms with Crippen molar-refractivity contribution in [2.24, 2.45) is 0 Å². The molecule has 1 amide bonds. The maximum absolute atomic E-state index is 13.2. The summed E-state index contributed by atoms with van der Waals surface area (Å²) in [4.78, 5) is 34.7. The van der Waals surface area contributed by atoms with Crippen LogP contribution in [0.2, 0.25) is 0 Å². The van der Waals surface area contributed by atoms with E-state index < -0.39 is 29.0 Å². The fourth-order valence-corrected chi connectivity index (χ4v) is 3.60. The fraction of sp³-hybridized carbons (Fsp3) is 0.550. The predicted molar refractivity (Wildman–Crippen MR) is 109 cm³/mol. The number of hydrogen-bond donors (Lipinski definition) is 1. The second kappa shape index (κ2) is 10.6. The lowest BCUT2D eigenvalue weighted by Gasteiger charge is -2.34. The number of amides is 1. The lowest BCUT2D eigenvalue weighted by atomic mass is 10.1. The number of hydrogen-bond acceptors (Lipinski definition) is 7. The van der Waals surface area contributed by atoms with Gasteiger partial charge in [0.15, 0.2) is 0 Å². The molecule has 35 heavy (non-hydrogen) atoms. The van der Waals surface area contributed by atoms with Crippen LogP contribution in [-0.4, -0.2) is 63.8 Å². The molecular weight excluding hydrogens is 486 g/mol. The van der Waals surface area contributed by atoms with Crippen molar-refractivity contribution >= 4 is 11.9 Å². The van der Waals surface area contributed by atoms with Crippen molar-refractivity contribution in [3.05, 3.63) is 45.1 Å². The minimum Gasteiger partial charge on any atom is -0.375 e. The van der Waals surface area contributed by atoms with E-state index in [9.17, 15) is 35.9 Å². The van der Waals surface area contributed by atoms with Gasteiger partial charge >= 0.3 is 12.4 Å². The number of anilines is 1. The summed E-state index contributed by atoms with van der Waals surface area (Å²) in [5.74, 6) is -0.120. The summed E-state index contributed by atoms with van der Waals surface area (Å²) in [6, 6.07) is 0. The highest BCUT2D eigenvalue weighted by atomic mass is 19.4. The third kappa shape index (κ3) is 6.46. The molecule has 3 heterocycles. The molecule has 0 saturated carbocycles. The van der Waals surface area contributed by atoms with Crippen LogP contribution in [0.1, 0.15) is 35.7 Å². The van der Waals surface area contributed by atoms with Crippen LogP contribution < -0.4 is 10.5 Å². The maximum Gasteiger partial charge on any atom is 0.422 e. The Morgan fingerprint density at radius 3 is 2.23 bits per heavy atom. The first-order valence-corrected chi connectivity index (χ1v) is 10.6. The topological polar surface area (TPSA) is 104 Å². The summed E-state index contributed by atoms with van der Waals surface area (Å²) in [7, 11) is 0. The van der Waals surface area contributed by atoms with Crippen LogP contribution in [0.5, 0.6) is 0 Å². The van der Waals surface area contributed by atoms with E-state index >= 15 is 0 Å². The first-order valence-electron chi connectivity index (χ1n) is 10.6. The van der Waals surface area contributed by atoms with E-state index in [4.69, 9.17) is 4.74 Å². The van der Waals surface area contributed by atoms with E-state index in [2.05, 4.69) is 15.1 Å². The smallest absolute Gasteiger partial charge is 0.375 e. The molecule has 0 bridgehead atoms. The summed E-state index contributed by atoms with van der Waals surface area (Å²) in [6.07, 6.45) is -8.06. The number of piperazine rings is 1. The van der Waals surface area contributed by atoms with Crippen molar-refractivity contribution in [2.75, 3.05) is 37.7 Å². The minimum atomic E-state index is -4.83. The predicted octanol–water partition coefficient (Wildman–Crippen LogP) is 2.42. The van der Waals surface area contributed by atoms with E-state index in [1.165, 1.54) is 6.92 Å². The van der Waals surface area contributed by atoms with Gasteiger partial charge in [-0.2, -0.15) is 31.4 Å². The molecule has 0 aliphatic carbocycles. The van der Waals surface area contributed by atoms with Gasteiger partial charge in [-0.05, 0) is 12.0 Å². The maximum atomic E-state index is 13.2. The van der Waals surface area contributed by atoms with Gasteiger partial charge in [-0.25, -0.2) is 15.1 Å². The second-order valence-corrected chi connectivity index (χ2v) is 7.64. The normalized spacial score (nSPS) is 14.9. The standard InChI is InChI=1S/C20H22F6N6O3/c1-2-13-14(29-30-17(34)16(13)20(24,25)26)11-35-8-3-15(33)31-4-6-32(7-5-31)18-27-9-12(10-28-18)19(21,22)23/h9-10H,2-8,11H2,1H3,(H,30,34). The van der Waals surface area contributed by atoms with Gasteiger partial charge in [0, 0.05) is 38.6 Å². The summed E-state index contributed by atoms with van der Waals surface area (Å²) < 4.78 is 82.8. The van der Waals surface area contributed by atoms with Crippen LogP contribution in [0.15, 0.2) is 17.2 Å². The number of rotatable bonds is 7. The van der Waals surface area contributed by atoms with Crippen LogP contribution in [0.3, 0.4) is 0 Å². The van der Waals surface area contributed by atoms with E-state index in [0.717, 1.165) is 0 Å². The van der Waals surface area contributed by atoms with Gasteiger partial charge < -0.3 is 14.5 Å².